The molecule has 1 amide bonds. The highest BCUT2D eigenvalue weighted by Gasteiger charge is 2.31. The summed E-state index contributed by atoms with van der Waals surface area (Å²) in [6, 6.07) is 12.3. The second-order valence-electron chi connectivity index (χ2n) is 7.26. The molecule has 2 aromatic carbocycles. The molecule has 0 aromatic heterocycles. The number of carbonyl (C=O) groups excluding carboxylic acids is 1. The largest absolute Gasteiger partial charge is 0.573 e. The van der Waals surface area contributed by atoms with Crippen LogP contribution in [0.25, 0.3) is 0 Å². The summed E-state index contributed by atoms with van der Waals surface area (Å²) in [5.41, 5.74) is 1.90. The van der Waals surface area contributed by atoms with Gasteiger partial charge in [0.05, 0.1) is 5.41 Å². The highest BCUT2D eigenvalue weighted by molar-refractivity contribution is 5.80. The minimum absolute atomic E-state index is 0.318. The molecule has 2 N–H and O–H groups in total. The van der Waals surface area contributed by atoms with E-state index in [1.807, 2.05) is 37.9 Å². The number of hydroxylamine groups is 1. The number of nitrogens with zero attached hydrogens (tertiary/aromatic N) is 1. The molecule has 0 unspecified atom stereocenters. The van der Waals surface area contributed by atoms with Crippen LogP contribution < -0.4 is 15.0 Å². The molecule has 0 atom stereocenters. The Kier molecular flexibility index (Phi) is 9.80. The summed E-state index contributed by atoms with van der Waals surface area (Å²) in [6.45, 7) is 8.48. The van der Waals surface area contributed by atoms with Crippen LogP contribution in [0.5, 0.6) is 17.2 Å². The van der Waals surface area contributed by atoms with E-state index in [0.29, 0.717) is 24.6 Å². The molecule has 0 spiro atoms. The summed E-state index contributed by atoms with van der Waals surface area (Å²) < 4.78 is 46.0. The van der Waals surface area contributed by atoms with Crippen molar-refractivity contribution in [3.63, 3.8) is 0 Å². The fourth-order valence-corrected chi connectivity index (χ4v) is 2.77. The van der Waals surface area contributed by atoms with E-state index < -0.39 is 17.7 Å². The number of hydrogen-bond acceptors (Lipinski definition) is 5. The first-order chi connectivity index (χ1) is 14.5. The van der Waals surface area contributed by atoms with Crippen LogP contribution in [0.15, 0.2) is 48.5 Å². The van der Waals surface area contributed by atoms with Crippen molar-refractivity contribution < 1.29 is 32.6 Å². The third-order valence-corrected chi connectivity index (χ3v) is 4.05. The van der Waals surface area contributed by atoms with E-state index in [9.17, 15) is 18.0 Å². The minimum atomic E-state index is -4.73. The van der Waals surface area contributed by atoms with Crippen LogP contribution in [0, 0.1) is 5.41 Å². The van der Waals surface area contributed by atoms with Gasteiger partial charge in [0.1, 0.15) is 17.2 Å². The van der Waals surface area contributed by atoms with E-state index in [0.717, 1.165) is 5.56 Å². The third kappa shape index (κ3) is 9.27. The van der Waals surface area contributed by atoms with Crippen molar-refractivity contribution in [1.29, 1.82) is 0 Å². The highest BCUT2D eigenvalue weighted by atomic mass is 19.4. The van der Waals surface area contributed by atoms with Crippen molar-refractivity contribution in [2.45, 2.75) is 40.6 Å². The number of halogens is 3. The average Bonchev–Trinajstić information content (AvgIpc) is 2.70. The predicted molar refractivity (Wildman–Crippen MR) is 111 cm³/mol. The maximum absolute atomic E-state index is 12.2. The van der Waals surface area contributed by atoms with Gasteiger partial charge in [-0.15, -0.1) is 13.2 Å². The molecule has 0 heterocycles. The molecule has 0 radical (unpaired) electrons. The van der Waals surface area contributed by atoms with Gasteiger partial charge in [-0.2, -0.15) is 0 Å². The fraction of sp³-hybridized carbons (Fsp3) is 0.409. The van der Waals surface area contributed by atoms with Gasteiger partial charge >= 0.3 is 6.36 Å². The molecule has 2 rings (SSSR count). The number of rotatable bonds is 8. The summed E-state index contributed by atoms with van der Waals surface area (Å²) in [7, 11) is 1.86. The number of carbonyl (C=O) groups is 1. The lowest BCUT2D eigenvalue weighted by molar-refractivity contribution is -0.274. The van der Waals surface area contributed by atoms with Crippen LogP contribution in [-0.4, -0.2) is 36.0 Å². The van der Waals surface area contributed by atoms with E-state index >= 15 is 0 Å². The topological polar surface area (TPSA) is 71.0 Å². The highest BCUT2D eigenvalue weighted by Crippen LogP contribution is 2.27. The second-order valence-corrected chi connectivity index (χ2v) is 7.26. The molecule has 6 nitrogen and oxygen atoms in total. The first-order valence-corrected chi connectivity index (χ1v) is 9.74. The number of hydrogen-bond donors (Lipinski definition) is 2. The van der Waals surface area contributed by atoms with Gasteiger partial charge in [-0.25, -0.2) is 5.48 Å². The second kappa shape index (κ2) is 11.6. The van der Waals surface area contributed by atoms with E-state index in [-0.39, 0.29) is 5.75 Å². The van der Waals surface area contributed by atoms with Gasteiger partial charge < -0.3 is 14.4 Å². The average molecular weight is 442 g/mol. The lowest BCUT2D eigenvalue weighted by Gasteiger charge is -2.28. The number of ether oxygens (including phenoxy) is 2. The molecule has 0 aliphatic carbocycles. The molecular formula is C22H29F3N2O4. The Balaban J connectivity index is 0.00000233. The Labute approximate surface area is 180 Å². The van der Waals surface area contributed by atoms with E-state index in [1.165, 1.54) is 24.3 Å². The first kappa shape index (κ1) is 26.3. The van der Waals surface area contributed by atoms with Crippen molar-refractivity contribution in [2.75, 3.05) is 13.6 Å². The summed E-state index contributed by atoms with van der Waals surface area (Å²) in [6.07, 6.45) is -4.73. The van der Waals surface area contributed by atoms with Gasteiger partial charge in [0.2, 0.25) is 5.91 Å². The first-order valence-electron chi connectivity index (χ1n) is 9.74. The monoisotopic (exact) mass is 442 g/mol. The summed E-state index contributed by atoms with van der Waals surface area (Å²) in [5.74, 6) is 0.128. The maximum Gasteiger partial charge on any atom is 0.573 e. The van der Waals surface area contributed by atoms with Crippen LogP contribution in [0.2, 0.25) is 0 Å². The van der Waals surface area contributed by atoms with E-state index in [1.54, 1.807) is 31.5 Å². The zero-order valence-electron chi connectivity index (χ0n) is 18.3. The maximum atomic E-state index is 12.2. The molecule has 31 heavy (non-hydrogen) atoms. The van der Waals surface area contributed by atoms with Crippen molar-refractivity contribution in [2.24, 2.45) is 5.41 Å². The van der Waals surface area contributed by atoms with Crippen molar-refractivity contribution >= 4 is 5.91 Å². The zero-order valence-corrected chi connectivity index (χ0v) is 18.3. The fourth-order valence-electron chi connectivity index (χ4n) is 2.77. The molecule has 0 saturated heterocycles. The number of nitrogens with one attached hydrogen (secondary N) is 1. The normalized spacial score (nSPS) is 11.4. The Bertz CT molecular complexity index is 807. The molecule has 9 heteroatoms. The Hall–Kier alpha value is -2.78. The van der Waals surface area contributed by atoms with Crippen molar-refractivity contribution in [3.05, 3.63) is 54.1 Å². The Morgan fingerprint density at radius 2 is 1.42 bits per heavy atom. The Morgan fingerprint density at radius 1 is 0.968 bits per heavy atom. The van der Waals surface area contributed by atoms with Gasteiger partial charge in [0, 0.05) is 13.1 Å². The van der Waals surface area contributed by atoms with Gasteiger partial charge in [-0.3, -0.25) is 10.0 Å². The van der Waals surface area contributed by atoms with Crippen LogP contribution >= 0.6 is 0 Å². The van der Waals surface area contributed by atoms with Crippen LogP contribution in [0.1, 0.15) is 33.3 Å². The van der Waals surface area contributed by atoms with E-state index in [4.69, 9.17) is 9.94 Å². The van der Waals surface area contributed by atoms with Gasteiger partial charge in [0.25, 0.3) is 0 Å². The molecule has 0 aliphatic heterocycles. The quantitative estimate of drug-likeness (QED) is 0.425. The summed E-state index contributed by atoms with van der Waals surface area (Å²) in [4.78, 5) is 13.6. The minimum Gasteiger partial charge on any atom is -0.457 e. The lowest BCUT2D eigenvalue weighted by atomic mass is 9.92. The number of alkyl halides is 3. The molecule has 0 aliphatic rings. The predicted octanol–water partition coefficient (Wildman–Crippen LogP) is 5.37. The van der Waals surface area contributed by atoms with E-state index in [2.05, 4.69) is 4.74 Å². The molecule has 172 valence electrons. The van der Waals surface area contributed by atoms with Crippen LogP contribution in [-0.2, 0) is 11.3 Å². The van der Waals surface area contributed by atoms with Gasteiger partial charge in [0.15, 0.2) is 0 Å². The Morgan fingerprint density at radius 3 is 1.87 bits per heavy atom. The van der Waals surface area contributed by atoms with Crippen molar-refractivity contribution in [1.82, 2.24) is 10.4 Å². The van der Waals surface area contributed by atoms with Crippen LogP contribution in [0.4, 0.5) is 13.2 Å². The molecule has 0 bridgehead atoms. The smallest absolute Gasteiger partial charge is 0.457 e. The number of amides is 1. The molecule has 2 aromatic rings. The summed E-state index contributed by atoms with van der Waals surface area (Å²) >= 11 is 0. The summed E-state index contributed by atoms with van der Waals surface area (Å²) in [5, 5.41) is 8.80. The van der Waals surface area contributed by atoms with Crippen molar-refractivity contribution in [3.8, 4) is 17.2 Å². The van der Waals surface area contributed by atoms with Crippen LogP contribution in [0.3, 0.4) is 0 Å². The molecule has 0 saturated carbocycles. The zero-order chi connectivity index (χ0) is 23.7. The lowest BCUT2D eigenvalue weighted by Crippen LogP contribution is -2.42. The van der Waals surface area contributed by atoms with Gasteiger partial charge in [-0.05, 0) is 62.9 Å². The third-order valence-electron chi connectivity index (χ3n) is 4.05. The standard InChI is InChI=1S/C20H23F3N2O4.C2H6/c1-19(2,18(26)24-27)13-25(3)12-14-4-6-15(7-5-14)28-16-8-10-17(11-9-16)29-20(21,22)23;1-2/h4-11,27H,12-13H2,1-3H3,(H,24,26);1-2H3. The molecule has 0 fully saturated rings. The SMILES string of the molecule is CC.CN(Cc1ccc(Oc2ccc(OC(F)(F)F)cc2)cc1)CC(C)(C)C(=O)NO. The van der Waals surface area contributed by atoms with Gasteiger partial charge in [-0.1, -0.05) is 26.0 Å². The number of benzene rings is 2. The molecular weight excluding hydrogens is 413 g/mol.